The Morgan fingerprint density at radius 2 is 1.79 bits per heavy atom. The van der Waals surface area contributed by atoms with E-state index in [0.717, 1.165) is 5.82 Å². The van der Waals surface area contributed by atoms with Crippen molar-refractivity contribution in [1.82, 2.24) is 10.1 Å². The molecule has 0 radical (unpaired) electrons. The third kappa shape index (κ3) is 3.60. The van der Waals surface area contributed by atoms with Crippen LogP contribution in [0.25, 0.3) is 0 Å². The predicted octanol–water partition coefficient (Wildman–Crippen LogP) is 4.53. The molecule has 0 saturated carbocycles. The number of benzene rings is 1. The van der Waals surface area contributed by atoms with E-state index in [0.29, 0.717) is 5.89 Å². The van der Waals surface area contributed by atoms with Crippen molar-refractivity contribution in [2.24, 2.45) is 0 Å². The largest absolute Gasteiger partial charge is 0.338 e. The Kier molecular flexibility index (Phi) is 3.99. The van der Waals surface area contributed by atoms with Crippen LogP contribution in [-0.4, -0.2) is 10.1 Å². The highest BCUT2D eigenvalue weighted by Gasteiger charge is 2.23. The first-order valence-corrected chi connectivity index (χ1v) is 7.31. The van der Waals surface area contributed by atoms with Crippen molar-refractivity contribution in [3.63, 3.8) is 0 Å². The van der Waals surface area contributed by atoms with E-state index in [1.54, 1.807) is 11.8 Å². The molecular weight excluding hydrogens is 256 g/mol. The fraction of sp³-hybridized carbons (Fsp3) is 0.467. The number of hydrogen-bond donors (Lipinski definition) is 0. The summed E-state index contributed by atoms with van der Waals surface area (Å²) in [4.78, 5) is 5.71. The van der Waals surface area contributed by atoms with Crippen LogP contribution >= 0.6 is 11.8 Å². The number of rotatable bonds is 3. The van der Waals surface area contributed by atoms with E-state index >= 15 is 0 Å². The summed E-state index contributed by atoms with van der Waals surface area (Å²) in [5.41, 5.74) is 1.19. The molecule has 0 fully saturated rings. The Morgan fingerprint density at radius 1 is 1.16 bits per heavy atom. The van der Waals surface area contributed by atoms with Gasteiger partial charge in [0, 0.05) is 10.3 Å². The van der Waals surface area contributed by atoms with E-state index < -0.39 is 0 Å². The van der Waals surface area contributed by atoms with Gasteiger partial charge in [-0.15, -0.1) is 11.8 Å². The van der Waals surface area contributed by atoms with Crippen LogP contribution in [0.2, 0.25) is 0 Å². The molecule has 1 aromatic carbocycles. The van der Waals surface area contributed by atoms with Crippen molar-refractivity contribution in [2.75, 3.05) is 0 Å². The molecule has 2 rings (SSSR count). The summed E-state index contributed by atoms with van der Waals surface area (Å²) in [6.45, 7) is 10.4. The van der Waals surface area contributed by atoms with Crippen molar-refractivity contribution in [1.29, 1.82) is 0 Å². The van der Waals surface area contributed by atoms with E-state index in [-0.39, 0.29) is 10.7 Å². The van der Waals surface area contributed by atoms with Crippen LogP contribution in [0, 0.1) is 6.92 Å². The Bertz CT molecular complexity index is 540. The highest BCUT2D eigenvalue weighted by molar-refractivity contribution is 7.99. The Balaban J connectivity index is 2.09. The van der Waals surface area contributed by atoms with Gasteiger partial charge < -0.3 is 4.52 Å². The molecule has 0 spiro atoms. The second kappa shape index (κ2) is 5.37. The minimum atomic E-state index is -0.0734. The van der Waals surface area contributed by atoms with Crippen LogP contribution in [-0.2, 0) is 5.41 Å². The number of hydrogen-bond acceptors (Lipinski definition) is 4. The van der Waals surface area contributed by atoms with Gasteiger partial charge in [-0.2, -0.15) is 4.98 Å². The monoisotopic (exact) mass is 276 g/mol. The van der Waals surface area contributed by atoms with Gasteiger partial charge >= 0.3 is 0 Å². The van der Waals surface area contributed by atoms with Crippen molar-refractivity contribution in [3.8, 4) is 0 Å². The lowest BCUT2D eigenvalue weighted by Crippen LogP contribution is -2.13. The van der Waals surface area contributed by atoms with Crippen LogP contribution in [0.1, 0.15) is 50.2 Å². The second-order valence-electron chi connectivity index (χ2n) is 5.78. The molecule has 4 heteroatoms. The molecule has 1 aromatic heterocycles. The van der Waals surface area contributed by atoms with Gasteiger partial charge in [0.05, 0.1) is 5.25 Å². The van der Waals surface area contributed by atoms with Gasteiger partial charge in [-0.05, 0) is 26.0 Å². The Morgan fingerprint density at radius 3 is 2.32 bits per heavy atom. The van der Waals surface area contributed by atoms with Crippen molar-refractivity contribution in [2.45, 2.75) is 50.2 Å². The zero-order valence-corrected chi connectivity index (χ0v) is 12.9. The normalized spacial score (nSPS) is 13.5. The van der Waals surface area contributed by atoms with E-state index in [1.165, 1.54) is 10.5 Å². The molecule has 0 aliphatic rings. The highest BCUT2D eigenvalue weighted by atomic mass is 32.2. The molecule has 0 N–H and O–H groups in total. The smallest absolute Gasteiger partial charge is 0.239 e. The molecule has 1 atom stereocenters. The van der Waals surface area contributed by atoms with Crippen molar-refractivity contribution in [3.05, 3.63) is 41.5 Å². The van der Waals surface area contributed by atoms with Crippen molar-refractivity contribution < 1.29 is 4.52 Å². The molecule has 0 amide bonds. The highest BCUT2D eigenvalue weighted by Crippen LogP contribution is 2.34. The summed E-state index contributed by atoms with van der Waals surface area (Å²) in [5, 5.41) is 4.22. The van der Waals surface area contributed by atoms with Crippen molar-refractivity contribution >= 4 is 11.8 Å². The summed E-state index contributed by atoms with van der Waals surface area (Å²) < 4.78 is 5.37. The molecule has 0 bridgehead atoms. The van der Waals surface area contributed by atoms with Gasteiger partial charge in [0.25, 0.3) is 0 Å². The van der Waals surface area contributed by atoms with Gasteiger partial charge in [0.1, 0.15) is 0 Å². The minimum absolute atomic E-state index is 0.0734. The second-order valence-corrected chi connectivity index (χ2v) is 7.19. The van der Waals surface area contributed by atoms with Gasteiger partial charge in [0.15, 0.2) is 5.82 Å². The minimum Gasteiger partial charge on any atom is -0.338 e. The summed E-state index contributed by atoms with van der Waals surface area (Å²) in [5.74, 6) is 1.45. The van der Waals surface area contributed by atoms with E-state index in [2.05, 4.69) is 69.0 Å². The van der Waals surface area contributed by atoms with Gasteiger partial charge in [-0.3, -0.25) is 0 Å². The fourth-order valence-electron chi connectivity index (χ4n) is 1.58. The average Bonchev–Trinajstić information content (AvgIpc) is 2.81. The van der Waals surface area contributed by atoms with E-state index in [1.807, 2.05) is 0 Å². The maximum atomic E-state index is 5.37. The number of aryl methyl sites for hydroxylation is 1. The third-order valence-electron chi connectivity index (χ3n) is 2.79. The molecule has 1 unspecified atom stereocenters. The lowest BCUT2D eigenvalue weighted by molar-refractivity contribution is 0.364. The van der Waals surface area contributed by atoms with Gasteiger partial charge in [0.2, 0.25) is 5.89 Å². The molecule has 0 aliphatic heterocycles. The van der Waals surface area contributed by atoms with Gasteiger partial charge in [-0.1, -0.05) is 43.6 Å². The third-order valence-corrected chi connectivity index (χ3v) is 3.89. The quantitative estimate of drug-likeness (QED) is 0.772. The van der Waals surface area contributed by atoms with Crippen LogP contribution in [0.5, 0.6) is 0 Å². The molecule has 0 aliphatic carbocycles. The summed E-state index contributed by atoms with van der Waals surface area (Å²) >= 11 is 1.73. The molecule has 3 nitrogen and oxygen atoms in total. The summed E-state index contributed by atoms with van der Waals surface area (Å²) in [6, 6.07) is 8.47. The predicted molar refractivity (Wildman–Crippen MR) is 78.4 cm³/mol. The Hall–Kier alpha value is -1.29. The first kappa shape index (κ1) is 14.1. The Labute approximate surface area is 118 Å². The number of nitrogens with zero attached hydrogens (tertiary/aromatic N) is 2. The summed E-state index contributed by atoms with van der Waals surface area (Å²) in [7, 11) is 0. The topological polar surface area (TPSA) is 38.9 Å². The summed E-state index contributed by atoms with van der Waals surface area (Å²) in [6.07, 6.45) is 0. The standard InChI is InChI=1S/C15H20N2OS/c1-10-6-8-12(9-7-10)19-11(2)13-16-14(17-18-13)15(3,4)5/h6-9,11H,1-5H3. The molecular formula is C15H20N2OS. The molecule has 102 valence electrons. The first-order valence-electron chi connectivity index (χ1n) is 6.43. The fourth-order valence-corrected chi connectivity index (χ4v) is 2.47. The zero-order valence-electron chi connectivity index (χ0n) is 12.1. The lowest BCUT2D eigenvalue weighted by atomic mass is 9.96. The molecule has 2 aromatic rings. The molecule has 0 saturated heterocycles. The lowest BCUT2D eigenvalue weighted by Gasteiger charge is -2.11. The van der Waals surface area contributed by atoms with Crippen LogP contribution < -0.4 is 0 Å². The van der Waals surface area contributed by atoms with Crippen LogP contribution in [0.3, 0.4) is 0 Å². The van der Waals surface area contributed by atoms with Gasteiger partial charge in [-0.25, -0.2) is 0 Å². The first-order chi connectivity index (χ1) is 8.86. The van der Waals surface area contributed by atoms with Crippen LogP contribution in [0.4, 0.5) is 0 Å². The maximum Gasteiger partial charge on any atom is 0.239 e. The number of thioether (sulfide) groups is 1. The van der Waals surface area contributed by atoms with Crippen LogP contribution in [0.15, 0.2) is 33.7 Å². The van der Waals surface area contributed by atoms with E-state index in [4.69, 9.17) is 4.52 Å². The molecule has 1 heterocycles. The zero-order chi connectivity index (χ0) is 14.0. The maximum absolute atomic E-state index is 5.37. The average molecular weight is 276 g/mol. The molecule has 19 heavy (non-hydrogen) atoms. The number of aromatic nitrogens is 2. The van der Waals surface area contributed by atoms with E-state index in [9.17, 15) is 0 Å². The SMILES string of the molecule is Cc1ccc(SC(C)c2nc(C(C)(C)C)no2)cc1.